The first-order chi connectivity index (χ1) is 9.33. The molecular weight excluding hydrogens is 260 g/mol. The summed E-state index contributed by atoms with van der Waals surface area (Å²) in [5, 5.41) is 15.2. The summed E-state index contributed by atoms with van der Waals surface area (Å²) in [6, 6.07) is 1.98. The number of rotatable bonds is 4. The molecule has 1 N–H and O–H groups in total. The lowest BCUT2D eigenvalue weighted by atomic mass is 10.2. The Hall–Kier alpha value is -1.69. The van der Waals surface area contributed by atoms with E-state index in [1.54, 1.807) is 11.3 Å². The maximum Gasteiger partial charge on any atom is 0.224 e. The molecule has 0 saturated heterocycles. The van der Waals surface area contributed by atoms with Crippen molar-refractivity contribution in [3.8, 4) is 0 Å². The van der Waals surface area contributed by atoms with E-state index < -0.39 is 0 Å². The van der Waals surface area contributed by atoms with Crippen molar-refractivity contribution < 1.29 is 4.79 Å². The fraction of sp³-hybridized carbons (Fsp3) is 0.462. The number of hydrogen-bond acceptors (Lipinski definition) is 4. The molecule has 19 heavy (non-hydrogen) atoms. The summed E-state index contributed by atoms with van der Waals surface area (Å²) in [7, 11) is 0. The number of aromatic nitrogens is 3. The van der Waals surface area contributed by atoms with Gasteiger partial charge in [-0.1, -0.05) is 0 Å². The minimum Gasteiger partial charge on any atom is -0.349 e. The van der Waals surface area contributed by atoms with Crippen LogP contribution in [0.1, 0.15) is 30.1 Å². The predicted molar refractivity (Wildman–Crippen MR) is 72.8 cm³/mol. The molecule has 0 aliphatic carbocycles. The molecule has 3 rings (SSSR count). The molecule has 6 heteroatoms. The van der Waals surface area contributed by atoms with Gasteiger partial charge in [-0.2, -0.15) is 11.3 Å². The number of nitrogens with zero attached hydrogens (tertiary/aromatic N) is 3. The highest BCUT2D eigenvalue weighted by molar-refractivity contribution is 7.07. The standard InChI is InChI=1S/C13H16N4OS/c18-13(7-10-4-6-19-9-10)14-8-12-16-15-11-3-1-2-5-17(11)12/h4,6,9H,1-3,5,7-8H2,(H,14,18). The summed E-state index contributed by atoms with van der Waals surface area (Å²) in [6.07, 6.45) is 3.78. The second kappa shape index (κ2) is 5.52. The van der Waals surface area contributed by atoms with Crippen LogP contribution in [0.5, 0.6) is 0 Å². The van der Waals surface area contributed by atoms with Gasteiger partial charge in [-0.25, -0.2) is 0 Å². The van der Waals surface area contributed by atoms with Gasteiger partial charge < -0.3 is 9.88 Å². The van der Waals surface area contributed by atoms with Gasteiger partial charge in [0.05, 0.1) is 13.0 Å². The van der Waals surface area contributed by atoms with Crippen LogP contribution in [0.3, 0.4) is 0 Å². The Balaban J connectivity index is 1.57. The van der Waals surface area contributed by atoms with Crippen LogP contribution in [0, 0.1) is 0 Å². The number of carbonyl (C=O) groups is 1. The van der Waals surface area contributed by atoms with Crippen molar-refractivity contribution in [2.75, 3.05) is 0 Å². The van der Waals surface area contributed by atoms with E-state index in [-0.39, 0.29) is 5.91 Å². The molecule has 5 nitrogen and oxygen atoms in total. The van der Waals surface area contributed by atoms with Crippen molar-refractivity contribution >= 4 is 17.2 Å². The van der Waals surface area contributed by atoms with E-state index in [0.29, 0.717) is 13.0 Å². The van der Waals surface area contributed by atoms with E-state index in [2.05, 4.69) is 20.1 Å². The van der Waals surface area contributed by atoms with Gasteiger partial charge in [-0.3, -0.25) is 4.79 Å². The van der Waals surface area contributed by atoms with Crippen molar-refractivity contribution in [1.82, 2.24) is 20.1 Å². The molecule has 0 saturated carbocycles. The quantitative estimate of drug-likeness (QED) is 0.921. The topological polar surface area (TPSA) is 59.8 Å². The van der Waals surface area contributed by atoms with Crippen molar-refractivity contribution in [1.29, 1.82) is 0 Å². The third-order valence-corrected chi connectivity index (χ3v) is 4.06. The molecule has 100 valence electrons. The van der Waals surface area contributed by atoms with Crippen LogP contribution in [-0.4, -0.2) is 20.7 Å². The van der Waals surface area contributed by atoms with E-state index >= 15 is 0 Å². The third kappa shape index (κ3) is 2.84. The molecule has 0 atom stereocenters. The van der Waals surface area contributed by atoms with Gasteiger partial charge in [-0.05, 0) is 35.2 Å². The highest BCUT2D eigenvalue weighted by Crippen LogP contribution is 2.14. The number of amides is 1. The summed E-state index contributed by atoms with van der Waals surface area (Å²) in [4.78, 5) is 11.8. The van der Waals surface area contributed by atoms with E-state index in [4.69, 9.17) is 0 Å². The molecule has 2 aromatic heterocycles. The van der Waals surface area contributed by atoms with Crippen LogP contribution < -0.4 is 5.32 Å². The van der Waals surface area contributed by atoms with E-state index in [1.165, 1.54) is 12.8 Å². The largest absolute Gasteiger partial charge is 0.349 e. The van der Waals surface area contributed by atoms with Gasteiger partial charge in [-0.15, -0.1) is 10.2 Å². The second-order valence-corrected chi connectivity index (χ2v) is 5.51. The van der Waals surface area contributed by atoms with Gasteiger partial charge in [0.25, 0.3) is 0 Å². The van der Waals surface area contributed by atoms with Crippen LogP contribution in [0.2, 0.25) is 0 Å². The predicted octanol–water partition coefficient (Wildman–Crippen LogP) is 1.53. The van der Waals surface area contributed by atoms with Crippen LogP contribution in [0.4, 0.5) is 0 Å². The highest BCUT2D eigenvalue weighted by Gasteiger charge is 2.15. The number of carbonyl (C=O) groups excluding carboxylic acids is 1. The fourth-order valence-electron chi connectivity index (χ4n) is 2.32. The van der Waals surface area contributed by atoms with Gasteiger partial charge >= 0.3 is 0 Å². The lowest BCUT2D eigenvalue weighted by Crippen LogP contribution is -2.26. The van der Waals surface area contributed by atoms with Crippen molar-refractivity contribution in [3.05, 3.63) is 34.0 Å². The average molecular weight is 276 g/mol. The molecular formula is C13H16N4OS. The molecule has 0 spiro atoms. The Morgan fingerprint density at radius 3 is 3.21 bits per heavy atom. The van der Waals surface area contributed by atoms with Gasteiger partial charge in [0.1, 0.15) is 5.82 Å². The Bertz CT molecular complexity index is 561. The van der Waals surface area contributed by atoms with Crippen molar-refractivity contribution in [2.24, 2.45) is 0 Å². The summed E-state index contributed by atoms with van der Waals surface area (Å²) in [6.45, 7) is 1.44. The maximum atomic E-state index is 11.8. The minimum absolute atomic E-state index is 0.0339. The molecule has 0 unspecified atom stereocenters. The van der Waals surface area contributed by atoms with Crippen LogP contribution in [0.15, 0.2) is 16.8 Å². The fourth-order valence-corrected chi connectivity index (χ4v) is 2.99. The number of hydrogen-bond donors (Lipinski definition) is 1. The minimum atomic E-state index is 0.0339. The van der Waals surface area contributed by atoms with E-state index in [1.807, 2.05) is 16.8 Å². The number of aryl methyl sites for hydroxylation is 1. The zero-order valence-electron chi connectivity index (χ0n) is 10.6. The lowest BCUT2D eigenvalue weighted by Gasteiger charge is -2.14. The molecule has 0 bridgehead atoms. The molecule has 1 amide bonds. The van der Waals surface area contributed by atoms with E-state index in [0.717, 1.165) is 30.2 Å². The highest BCUT2D eigenvalue weighted by atomic mass is 32.1. The molecule has 1 aliphatic heterocycles. The van der Waals surface area contributed by atoms with E-state index in [9.17, 15) is 4.79 Å². The van der Waals surface area contributed by atoms with Crippen LogP contribution in [-0.2, 0) is 30.7 Å². The Morgan fingerprint density at radius 1 is 1.42 bits per heavy atom. The summed E-state index contributed by atoms with van der Waals surface area (Å²) < 4.78 is 2.13. The first-order valence-electron chi connectivity index (χ1n) is 6.51. The number of thiophene rings is 1. The lowest BCUT2D eigenvalue weighted by molar-refractivity contribution is -0.120. The Morgan fingerprint density at radius 2 is 2.37 bits per heavy atom. The maximum absolute atomic E-state index is 11.8. The molecule has 2 aromatic rings. The van der Waals surface area contributed by atoms with Gasteiger partial charge in [0, 0.05) is 13.0 Å². The van der Waals surface area contributed by atoms with Crippen molar-refractivity contribution in [3.63, 3.8) is 0 Å². The van der Waals surface area contributed by atoms with Crippen LogP contribution in [0.25, 0.3) is 0 Å². The zero-order valence-corrected chi connectivity index (χ0v) is 11.4. The zero-order chi connectivity index (χ0) is 13.1. The van der Waals surface area contributed by atoms with Crippen molar-refractivity contribution in [2.45, 2.75) is 38.8 Å². The van der Waals surface area contributed by atoms with Gasteiger partial charge in [0.2, 0.25) is 5.91 Å². The molecule has 0 fully saturated rings. The Labute approximate surface area is 115 Å². The normalized spacial score (nSPS) is 14.1. The molecule has 0 radical (unpaired) electrons. The molecule has 0 aromatic carbocycles. The Kier molecular flexibility index (Phi) is 3.59. The smallest absolute Gasteiger partial charge is 0.224 e. The first-order valence-corrected chi connectivity index (χ1v) is 7.46. The second-order valence-electron chi connectivity index (χ2n) is 4.73. The summed E-state index contributed by atoms with van der Waals surface area (Å²) in [5.74, 6) is 1.95. The SMILES string of the molecule is O=C(Cc1ccsc1)NCc1nnc2n1CCCC2. The summed E-state index contributed by atoms with van der Waals surface area (Å²) >= 11 is 1.61. The van der Waals surface area contributed by atoms with Crippen LogP contribution >= 0.6 is 11.3 Å². The third-order valence-electron chi connectivity index (χ3n) is 3.32. The first kappa shape index (κ1) is 12.3. The number of fused-ring (bicyclic) bond motifs is 1. The molecule has 1 aliphatic rings. The average Bonchev–Trinajstić information content (AvgIpc) is 3.05. The monoisotopic (exact) mass is 276 g/mol. The summed E-state index contributed by atoms with van der Waals surface area (Å²) in [5.41, 5.74) is 1.06. The van der Waals surface area contributed by atoms with Gasteiger partial charge in [0.15, 0.2) is 5.82 Å². The number of nitrogens with one attached hydrogen (secondary N) is 1. The molecule has 3 heterocycles.